The van der Waals surface area contributed by atoms with Crippen molar-refractivity contribution in [3.8, 4) is 11.4 Å². The van der Waals surface area contributed by atoms with Gasteiger partial charge < -0.3 is 5.11 Å². The van der Waals surface area contributed by atoms with E-state index < -0.39 is 0 Å². The largest absolute Gasteiger partial charge is 0.506 e. The second-order valence-electron chi connectivity index (χ2n) is 4.70. The molecule has 1 aromatic heterocycles. The normalized spacial score (nSPS) is 11.1. The smallest absolute Gasteiger partial charge is 0.143 e. The van der Waals surface area contributed by atoms with Crippen LogP contribution in [0.25, 0.3) is 16.7 Å². The summed E-state index contributed by atoms with van der Waals surface area (Å²) >= 11 is 5.95. The van der Waals surface area contributed by atoms with Crippen molar-refractivity contribution in [2.75, 3.05) is 0 Å². The summed E-state index contributed by atoms with van der Waals surface area (Å²) in [6.07, 6.45) is 2.01. The summed E-state index contributed by atoms with van der Waals surface area (Å²) in [7, 11) is 0. The first kappa shape index (κ1) is 12.9. The van der Waals surface area contributed by atoms with E-state index in [1.165, 1.54) is 4.80 Å². The summed E-state index contributed by atoms with van der Waals surface area (Å²) in [5.41, 5.74) is 3.19. The molecule has 0 unspecified atom stereocenters. The molecule has 4 nitrogen and oxygen atoms in total. The summed E-state index contributed by atoms with van der Waals surface area (Å²) in [5.74, 6) is 0.163. The fourth-order valence-electron chi connectivity index (χ4n) is 2.17. The molecule has 102 valence electrons. The Hall–Kier alpha value is -2.07. The summed E-state index contributed by atoms with van der Waals surface area (Å²) in [5, 5.41) is 19.4. The lowest BCUT2D eigenvalue weighted by Gasteiger charge is -2.05. The molecule has 1 heterocycles. The van der Waals surface area contributed by atoms with Gasteiger partial charge in [-0.05, 0) is 42.3 Å². The summed E-state index contributed by atoms with van der Waals surface area (Å²) < 4.78 is 0. The summed E-state index contributed by atoms with van der Waals surface area (Å²) in [6, 6.07) is 10.9. The second kappa shape index (κ2) is 5.13. The topological polar surface area (TPSA) is 50.9 Å². The minimum absolute atomic E-state index is 0.163. The molecule has 1 N–H and O–H groups in total. The average molecular weight is 288 g/mol. The number of phenols is 1. The molecule has 0 aliphatic heterocycles. The van der Waals surface area contributed by atoms with Crippen molar-refractivity contribution >= 4 is 22.6 Å². The minimum atomic E-state index is 0.163. The van der Waals surface area contributed by atoms with E-state index in [1.54, 1.807) is 18.2 Å². The molecule has 5 heteroatoms. The number of rotatable bonds is 3. The maximum Gasteiger partial charge on any atom is 0.143 e. The number of aromatic hydroxyl groups is 1. The van der Waals surface area contributed by atoms with Gasteiger partial charge in [0, 0.05) is 5.02 Å². The molecule has 0 amide bonds. The van der Waals surface area contributed by atoms with Gasteiger partial charge in [-0.15, -0.1) is 15.0 Å². The molecular weight excluding hydrogens is 274 g/mol. The third-order valence-electron chi connectivity index (χ3n) is 3.14. The first-order valence-electron chi connectivity index (χ1n) is 6.52. The van der Waals surface area contributed by atoms with E-state index in [4.69, 9.17) is 11.6 Å². The maximum atomic E-state index is 10.0. The Labute approximate surface area is 121 Å². The molecule has 0 saturated heterocycles. The minimum Gasteiger partial charge on any atom is -0.506 e. The Bertz CT molecular complexity index is 767. The van der Waals surface area contributed by atoms with Crippen molar-refractivity contribution in [1.29, 1.82) is 0 Å². The van der Waals surface area contributed by atoms with Crippen LogP contribution >= 0.6 is 11.6 Å². The fourth-order valence-corrected chi connectivity index (χ4v) is 2.34. The molecule has 2 aromatic carbocycles. The lowest BCUT2D eigenvalue weighted by molar-refractivity contribution is 0.467. The fraction of sp³-hybridized carbons (Fsp3) is 0.200. The molecule has 0 spiro atoms. The van der Waals surface area contributed by atoms with Crippen molar-refractivity contribution in [1.82, 2.24) is 15.0 Å². The Morgan fingerprint density at radius 1 is 1.10 bits per heavy atom. The molecule has 3 rings (SSSR count). The van der Waals surface area contributed by atoms with Gasteiger partial charge in [0.2, 0.25) is 0 Å². The van der Waals surface area contributed by atoms with Crippen LogP contribution in [-0.2, 0) is 6.42 Å². The summed E-state index contributed by atoms with van der Waals surface area (Å²) in [4.78, 5) is 1.45. The molecule has 20 heavy (non-hydrogen) atoms. The monoisotopic (exact) mass is 287 g/mol. The van der Waals surface area contributed by atoms with Crippen LogP contribution in [0.3, 0.4) is 0 Å². The van der Waals surface area contributed by atoms with E-state index in [1.807, 2.05) is 18.2 Å². The number of aromatic nitrogens is 3. The van der Waals surface area contributed by atoms with E-state index in [2.05, 4.69) is 17.1 Å². The van der Waals surface area contributed by atoms with Gasteiger partial charge in [0.15, 0.2) is 0 Å². The summed E-state index contributed by atoms with van der Waals surface area (Å²) in [6.45, 7) is 2.12. The standard InChI is InChI=1S/C15H14ClN3O/c1-2-3-10-4-7-15(20)14(8-10)19-17-12-6-5-11(16)9-13(12)18-19/h4-9,20H,2-3H2,1H3. The number of hydrogen-bond acceptors (Lipinski definition) is 3. The third-order valence-corrected chi connectivity index (χ3v) is 3.37. The third kappa shape index (κ3) is 2.34. The van der Waals surface area contributed by atoms with Gasteiger partial charge in [-0.3, -0.25) is 0 Å². The lowest BCUT2D eigenvalue weighted by Crippen LogP contribution is -2.00. The molecule has 0 fully saturated rings. The van der Waals surface area contributed by atoms with Gasteiger partial charge in [0.1, 0.15) is 22.5 Å². The number of fused-ring (bicyclic) bond motifs is 1. The molecule has 0 saturated carbocycles. The highest BCUT2D eigenvalue weighted by molar-refractivity contribution is 6.31. The van der Waals surface area contributed by atoms with E-state index >= 15 is 0 Å². The Morgan fingerprint density at radius 3 is 2.70 bits per heavy atom. The number of aryl methyl sites for hydroxylation is 1. The second-order valence-corrected chi connectivity index (χ2v) is 5.13. The van der Waals surface area contributed by atoms with Crippen molar-refractivity contribution in [2.24, 2.45) is 0 Å². The zero-order valence-corrected chi connectivity index (χ0v) is 11.8. The van der Waals surface area contributed by atoms with Crippen LogP contribution in [0.2, 0.25) is 5.02 Å². The van der Waals surface area contributed by atoms with Gasteiger partial charge >= 0.3 is 0 Å². The molecule has 0 radical (unpaired) electrons. The molecule has 0 atom stereocenters. The Balaban J connectivity index is 2.12. The Morgan fingerprint density at radius 2 is 1.90 bits per heavy atom. The quantitative estimate of drug-likeness (QED) is 0.798. The first-order chi connectivity index (χ1) is 9.67. The molecular formula is C15H14ClN3O. The number of benzene rings is 2. The first-order valence-corrected chi connectivity index (χ1v) is 6.90. The highest BCUT2D eigenvalue weighted by Gasteiger charge is 2.10. The van der Waals surface area contributed by atoms with E-state index in [0.717, 1.165) is 23.9 Å². The van der Waals surface area contributed by atoms with Crippen LogP contribution in [0.4, 0.5) is 0 Å². The van der Waals surface area contributed by atoms with Crippen LogP contribution in [-0.4, -0.2) is 20.1 Å². The van der Waals surface area contributed by atoms with Crippen LogP contribution < -0.4 is 0 Å². The van der Waals surface area contributed by atoms with Crippen molar-refractivity contribution in [3.63, 3.8) is 0 Å². The number of phenolic OH excluding ortho intramolecular Hbond substituents is 1. The predicted octanol–water partition coefficient (Wildman–Crippen LogP) is 3.73. The van der Waals surface area contributed by atoms with Crippen LogP contribution in [0, 0.1) is 0 Å². The molecule has 0 aliphatic rings. The SMILES string of the molecule is CCCc1ccc(O)c(-n2nc3ccc(Cl)cc3n2)c1. The molecule has 0 bridgehead atoms. The van der Waals surface area contributed by atoms with E-state index in [9.17, 15) is 5.11 Å². The average Bonchev–Trinajstić information content (AvgIpc) is 2.84. The zero-order valence-electron chi connectivity index (χ0n) is 11.0. The van der Waals surface area contributed by atoms with E-state index in [0.29, 0.717) is 16.2 Å². The van der Waals surface area contributed by atoms with Gasteiger partial charge in [0.05, 0.1) is 0 Å². The van der Waals surface area contributed by atoms with Crippen LogP contribution in [0.5, 0.6) is 5.75 Å². The molecule has 0 aliphatic carbocycles. The maximum absolute atomic E-state index is 10.0. The highest BCUT2D eigenvalue weighted by Crippen LogP contribution is 2.24. The van der Waals surface area contributed by atoms with Gasteiger partial charge in [-0.25, -0.2) is 0 Å². The van der Waals surface area contributed by atoms with Gasteiger partial charge in [-0.2, -0.15) is 0 Å². The van der Waals surface area contributed by atoms with Crippen LogP contribution in [0.1, 0.15) is 18.9 Å². The van der Waals surface area contributed by atoms with Crippen molar-refractivity contribution in [2.45, 2.75) is 19.8 Å². The highest BCUT2D eigenvalue weighted by atomic mass is 35.5. The number of nitrogens with zero attached hydrogens (tertiary/aromatic N) is 3. The van der Waals surface area contributed by atoms with E-state index in [-0.39, 0.29) is 5.75 Å². The van der Waals surface area contributed by atoms with Crippen molar-refractivity contribution in [3.05, 3.63) is 47.0 Å². The zero-order chi connectivity index (χ0) is 14.1. The van der Waals surface area contributed by atoms with Gasteiger partial charge in [0.25, 0.3) is 0 Å². The number of halogens is 1. The lowest BCUT2D eigenvalue weighted by atomic mass is 10.1. The van der Waals surface area contributed by atoms with Gasteiger partial charge in [-0.1, -0.05) is 31.0 Å². The van der Waals surface area contributed by atoms with Crippen molar-refractivity contribution < 1.29 is 5.11 Å². The Kier molecular flexibility index (Phi) is 3.32. The predicted molar refractivity (Wildman–Crippen MR) is 79.5 cm³/mol. The number of hydrogen-bond donors (Lipinski definition) is 1. The molecule has 3 aromatic rings. The van der Waals surface area contributed by atoms with Crippen LogP contribution in [0.15, 0.2) is 36.4 Å².